The predicted octanol–water partition coefficient (Wildman–Crippen LogP) is 2.20. The standard InChI is InChI=1S/C17H23NO4/c1-11-9-14(12-5-4-6-12)22-17(21)15(11)16(20)18-8-3-2-7-13(18)10-19/h9,12-13,19H,2-8,10H2,1H3. The minimum absolute atomic E-state index is 0.0592. The summed E-state index contributed by atoms with van der Waals surface area (Å²) in [7, 11) is 0. The zero-order valence-corrected chi connectivity index (χ0v) is 13.0. The first-order valence-electron chi connectivity index (χ1n) is 8.18. The summed E-state index contributed by atoms with van der Waals surface area (Å²) in [5, 5.41) is 9.46. The van der Waals surface area contributed by atoms with Gasteiger partial charge in [0, 0.05) is 12.5 Å². The van der Waals surface area contributed by atoms with Crippen molar-refractivity contribution in [2.75, 3.05) is 13.2 Å². The maximum absolute atomic E-state index is 12.7. The first-order chi connectivity index (χ1) is 10.6. The molecule has 1 unspecified atom stereocenters. The molecule has 2 heterocycles. The van der Waals surface area contributed by atoms with Crippen LogP contribution < -0.4 is 5.63 Å². The fraction of sp³-hybridized carbons (Fsp3) is 0.647. The molecule has 1 amide bonds. The van der Waals surface area contributed by atoms with Gasteiger partial charge in [-0.15, -0.1) is 0 Å². The third-order valence-corrected chi connectivity index (χ3v) is 4.99. The van der Waals surface area contributed by atoms with Gasteiger partial charge in [-0.3, -0.25) is 4.79 Å². The summed E-state index contributed by atoms with van der Waals surface area (Å²) in [4.78, 5) is 26.7. The molecule has 0 aromatic carbocycles. The molecule has 2 fully saturated rings. The lowest BCUT2D eigenvalue weighted by Crippen LogP contribution is -2.47. The van der Waals surface area contributed by atoms with Crippen LogP contribution in [0.25, 0.3) is 0 Å². The number of piperidine rings is 1. The molecule has 1 aliphatic carbocycles. The van der Waals surface area contributed by atoms with Crippen LogP contribution in [-0.4, -0.2) is 35.1 Å². The van der Waals surface area contributed by atoms with Gasteiger partial charge in [0.05, 0.1) is 12.6 Å². The van der Waals surface area contributed by atoms with E-state index in [1.54, 1.807) is 11.8 Å². The summed E-state index contributed by atoms with van der Waals surface area (Å²) in [6, 6.07) is 1.66. The highest BCUT2D eigenvalue weighted by molar-refractivity contribution is 5.95. The summed E-state index contributed by atoms with van der Waals surface area (Å²) >= 11 is 0. The number of hydrogen-bond donors (Lipinski definition) is 1. The lowest BCUT2D eigenvalue weighted by Gasteiger charge is -2.34. The number of aryl methyl sites for hydroxylation is 1. The highest BCUT2D eigenvalue weighted by atomic mass is 16.4. The van der Waals surface area contributed by atoms with Crippen molar-refractivity contribution in [2.24, 2.45) is 0 Å². The van der Waals surface area contributed by atoms with E-state index in [0.717, 1.165) is 32.1 Å². The van der Waals surface area contributed by atoms with Crippen LogP contribution in [0.4, 0.5) is 0 Å². The fourth-order valence-electron chi connectivity index (χ4n) is 3.39. The van der Waals surface area contributed by atoms with Gasteiger partial charge in [-0.2, -0.15) is 0 Å². The third-order valence-electron chi connectivity index (χ3n) is 4.99. The average Bonchev–Trinajstić information content (AvgIpc) is 2.44. The van der Waals surface area contributed by atoms with Gasteiger partial charge in [0.25, 0.3) is 5.91 Å². The number of carbonyl (C=O) groups is 1. The molecule has 5 nitrogen and oxygen atoms in total. The van der Waals surface area contributed by atoms with Gasteiger partial charge >= 0.3 is 5.63 Å². The molecule has 0 spiro atoms. The SMILES string of the molecule is Cc1cc(C2CCC2)oc(=O)c1C(=O)N1CCCCC1CO. The van der Waals surface area contributed by atoms with E-state index >= 15 is 0 Å². The van der Waals surface area contributed by atoms with E-state index in [1.807, 2.05) is 6.07 Å². The summed E-state index contributed by atoms with van der Waals surface area (Å²) in [5.41, 5.74) is 0.281. The highest BCUT2D eigenvalue weighted by Crippen LogP contribution is 2.36. The minimum Gasteiger partial charge on any atom is -0.427 e. The molecule has 22 heavy (non-hydrogen) atoms. The van der Waals surface area contributed by atoms with Gasteiger partial charge in [-0.05, 0) is 50.7 Å². The van der Waals surface area contributed by atoms with Crippen LogP contribution in [0, 0.1) is 6.92 Å². The predicted molar refractivity (Wildman–Crippen MR) is 82.1 cm³/mol. The normalized spacial score (nSPS) is 22.5. The Morgan fingerprint density at radius 3 is 2.68 bits per heavy atom. The fourth-order valence-corrected chi connectivity index (χ4v) is 3.39. The number of amides is 1. The Morgan fingerprint density at radius 1 is 1.32 bits per heavy atom. The minimum atomic E-state index is -0.533. The van der Waals surface area contributed by atoms with Gasteiger partial charge in [-0.25, -0.2) is 4.79 Å². The number of carbonyl (C=O) groups excluding carboxylic acids is 1. The van der Waals surface area contributed by atoms with E-state index in [0.29, 0.717) is 23.8 Å². The van der Waals surface area contributed by atoms with Crippen molar-refractivity contribution in [1.29, 1.82) is 0 Å². The summed E-state index contributed by atoms with van der Waals surface area (Å²) in [6.45, 7) is 2.33. The van der Waals surface area contributed by atoms with E-state index in [-0.39, 0.29) is 24.1 Å². The molecule has 1 aromatic heterocycles. The Bertz CT molecular complexity index is 618. The van der Waals surface area contributed by atoms with Crippen LogP contribution in [0.2, 0.25) is 0 Å². The van der Waals surface area contributed by atoms with Crippen molar-refractivity contribution < 1.29 is 14.3 Å². The molecule has 1 saturated carbocycles. The van der Waals surface area contributed by atoms with Crippen molar-refractivity contribution in [3.05, 3.63) is 33.4 Å². The molecule has 0 radical (unpaired) electrons. The molecule has 1 N–H and O–H groups in total. The lowest BCUT2D eigenvalue weighted by atomic mass is 9.83. The monoisotopic (exact) mass is 305 g/mol. The third kappa shape index (κ3) is 2.70. The van der Waals surface area contributed by atoms with Crippen LogP contribution in [-0.2, 0) is 0 Å². The van der Waals surface area contributed by atoms with Crippen LogP contribution >= 0.6 is 0 Å². The van der Waals surface area contributed by atoms with Crippen molar-refractivity contribution in [2.45, 2.75) is 57.4 Å². The summed E-state index contributed by atoms with van der Waals surface area (Å²) in [6.07, 6.45) is 5.96. The van der Waals surface area contributed by atoms with Crippen molar-refractivity contribution in [3.8, 4) is 0 Å². The molecule has 3 rings (SSSR count). The van der Waals surface area contributed by atoms with Gasteiger partial charge in [0.15, 0.2) is 0 Å². The molecule has 0 bridgehead atoms. The molecule has 1 atom stereocenters. The molecule has 1 saturated heterocycles. The molecule has 5 heteroatoms. The largest absolute Gasteiger partial charge is 0.427 e. The van der Waals surface area contributed by atoms with Gasteiger partial charge in [0.2, 0.25) is 0 Å². The van der Waals surface area contributed by atoms with E-state index in [1.165, 1.54) is 6.42 Å². The van der Waals surface area contributed by atoms with Crippen LogP contribution in [0.3, 0.4) is 0 Å². The Hall–Kier alpha value is -1.62. The van der Waals surface area contributed by atoms with E-state index in [2.05, 4.69) is 0 Å². The van der Waals surface area contributed by atoms with E-state index in [9.17, 15) is 14.7 Å². The maximum Gasteiger partial charge on any atom is 0.349 e. The number of hydrogen-bond acceptors (Lipinski definition) is 4. The molecular formula is C17H23NO4. The number of aliphatic hydroxyl groups is 1. The quantitative estimate of drug-likeness (QED) is 0.929. The molecular weight excluding hydrogens is 282 g/mol. The second-order valence-corrected chi connectivity index (χ2v) is 6.45. The zero-order chi connectivity index (χ0) is 15.7. The number of nitrogens with zero attached hydrogens (tertiary/aromatic N) is 1. The van der Waals surface area contributed by atoms with Gasteiger partial charge < -0.3 is 14.4 Å². The van der Waals surface area contributed by atoms with Crippen LogP contribution in [0.1, 0.15) is 66.1 Å². The molecule has 2 aliphatic rings. The smallest absolute Gasteiger partial charge is 0.349 e. The maximum atomic E-state index is 12.7. The Labute approximate surface area is 129 Å². The Balaban J connectivity index is 1.90. The first kappa shape index (κ1) is 15.3. The van der Waals surface area contributed by atoms with Gasteiger partial charge in [-0.1, -0.05) is 6.42 Å². The van der Waals surface area contributed by atoms with Crippen LogP contribution in [0.15, 0.2) is 15.3 Å². The summed E-state index contributed by atoms with van der Waals surface area (Å²) < 4.78 is 5.41. The topological polar surface area (TPSA) is 70.8 Å². The second kappa shape index (κ2) is 6.24. The summed E-state index contributed by atoms with van der Waals surface area (Å²) in [5.74, 6) is 0.739. The highest BCUT2D eigenvalue weighted by Gasteiger charge is 2.31. The molecule has 1 aromatic rings. The molecule has 1 aliphatic heterocycles. The number of likely N-dealkylation sites (tertiary alicyclic amines) is 1. The lowest BCUT2D eigenvalue weighted by molar-refractivity contribution is 0.0497. The van der Waals surface area contributed by atoms with Gasteiger partial charge in [0.1, 0.15) is 11.3 Å². The van der Waals surface area contributed by atoms with E-state index < -0.39 is 5.63 Å². The second-order valence-electron chi connectivity index (χ2n) is 6.45. The van der Waals surface area contributed by atoms with Crippen molar-refractivity contribution in [1.82, 2.24) is 4.90 Å². The number of aliphatic hydroxyl groups excluding tert-OH is 1. The van der Waals surface area contributed by atoms with Crippen molar-refractivity contribution >= 4 is 5.91 Å². The zero-order valence-electron chi connectivity index (χ0n) is 13.0. The Kier molecular flexibility index (Phi) is 4.34. The average molecular weight is 305 g/mol. The first-order valence-corrected chi connectivity index (χ1v) is 8.18. The van der Waals surface area contributed by atoms with Crippen LogP contribution in [0.5, 0.6) is 0 Å². The number of rotatable bonds is 3. The Morgan fingerprint density at radius 2 is 2.09 bits per heavy atom. The van der Waals surface area contributed by atoms with E-state index in [4.69, 9.17) is 4.42 Å². The van der Waals surface area contributed by atoms with Crippen molar-refractivity contribution in [3.63, 3.8) is 0 Å². The molecule has 120 valence electrons.